The maximum atomic E-state index is 14.0. The van der Waals surface area contributed by atoms with Gasteiger partial charge in [0, 0.05) is 11.6 Å². The van der Waals surface area contributed by atoms with Gasteiger partial charge in [0.15, 0.2) is 0 Å². The fraction of sp³-hybridized carbons (Fsp3) is 0.125. The molecule has 0 bridgehead atoms. The quantitative estimate of drug-likeness (QED) is 0.883. The van der Waals surface area contributed by atoms with E-state index in [4.69, 9.17) is 10.00 Å². The maximum absolute atomic E-state index is 14.0. The van der Waals surface area contributed by atoms with Crippen molar-refractivity contribution >= 4 is 5.91 Å². The van der Waals surface area contributed by atoms with E-state index in [1.54, 1.807) is 12.1 Å². The zero-order chi connectivity index (χ0) is 16.1. The molecule has 0 radical (unpaired) electrons. The first-order chi connectivity index (χ1) is 10.6. The summed E-state index contributed by atoms with van der Waals surface area (Å²) < 4.78 is 32.9. The predicted molar refractivity (Wildman–Crippen MR) is 76.3 cm³/mol. The Morgan fingerprint density at radius 2 is 2.00 bits per heavy atom. The van der Waals surface area contributed by atoms with Gasteiger partial charge in [-0.15, -0.1) is 0 Å². The van der Waals surface area contributed by atoms with E-state index >= 15 is 0 Å². The smallest absolute Gasteiger partial charge is 0.255 e. The third-order valence-electron chi connectivity index (χ3n) is 3.03. The van der Waals surface area contributed by atoms with Crippen molar-refractivity contribution in [3.05, 3.63) is 53.6 Å². The summed E-state index contributed by atoms with van der Waals surface area (Å²) in [4.78, 5) is 11.6. The summed E-state index contributed by atoms with van der Waals surface area (Å²) in [7, 11) is 1.42. The molecule has 0 saturated carbocycles. The number of hydrogen-bond donors (Lipinski definition) is 1. The number of carbonyl (C=O) groups excluding carboxylic acids is 1. The summed E-state index contributed by atoms with van der Waals surface area (Å²) in [6.07, 6.45) is 0. The number of ether oxygens (including phenoxy) is 1. The van der Waals surface area contributed by atoms with Crippen LogP contribution in [0.4, 0.5) is 8.78 Å². The van der Waals surface area contributed by atoms with Crippen molar-refractivity contribution in [2.75, 3.05) is 13.7 Å². The molecule has 0 aliphatic rings. The first kappa shape index (κ1) is 15.4. The van der Waals surface area contributed by atoms with Gasteiger partial charge in [-0.2, -0.15) is 5.26 Å². The number of benzene rings is 2. The number of amides is 1. The van der Waals surface area contributed by atoms with Crippen LogP contribution in [0.5, 0.6) is 5.75 Å². The lowest BCUT2D eigenvalue weighted by molar-refractivity contribution is 0.0954. The second kappa shape index (κ2) is 6.68. The minimum atomic E-state index is -0.789. The minimum Gasteiger partial charge on any atom is -0.497 e. The van der Waals surface area contributed by atoms with Gasteiger partial charge in [0.25, 0.3) is 5.91 Å². The van der Waals surface area contributed by atoms with Gasteiger partial charge in [-0.05, 0) is 29.8 Å². The highest BCUT2D eigenvalue weighted by Crippen LogP contribution is 2.27. The molecular formula is C16H12F2N2O2. The lowest BCUT2D eigenvalue weighted by atomic mass is 10.0. The molecule has 0 spiro atoms. The molecule has 112 valence electrons. The Balaban J connectivity index is 2.33. The number of carbonyl (C=O) groups is 1. The lowest BCUT2D eigenvalue weighted by Gasteiger charge is -2.08. The van der Waals surface area contributed by atoms with E-state index in [9.17, 15) is 13.6 Å². The summed E-state index contributed by atoms with van der Waals surface area (Å²) >= 11 is 0. The molecule has 1 N–H and O–H groups in total. The molecule has 0 aliphatic carbocycles. The Labute approximate surface area is 125 Å². The van der Waals surface area contributed by atoms with E-state index in [0.29, 0.717) is 11.3 Å². The third-order valence-corrected chi connectivity index (χ3v) is 3.03. The molecule has 0 aromatic heterocycles. The molecule has 0 aliphatic heterocycles. The fourth-order valence-corrected chi connectivity index (χ4v) is 1.94. The van der Waals surface area contributed by atoms with Crippen molar-refractivity contribution < 1.29 is 18.3 Å². The van der Waals surface area contributed by atoms with Gasteiger partial charge in [0.2, 0.25) is 0 Å². The number of rotatable bonds is 4. The predicted octanol–water partition coefficient (Wildman–Crippen LogP) is 2.89. The molecule has 4 nitrogen and oxygen atoms in total. The highest BCUT2D eigenvalue weighted by molar-refractivity contribution is 5.95. The Morgan fingerprint density at radius 3 is 2.59 bits per heavy atom. The molecule has 2 aromatic carbocycles. The van der Waals surface area contributed by atoms with Gasteiger partial charge in [-0.1, -0.05) is 6.07 Å². The molecule has 2 rings (SSSR count). The molecule has 0 unspecified atom stereocenters. The molecule has 0 saturated heterocycles. The van der Waals surface area contributed by atoms with E-state index in [-0.39, 0.29) is 17.7 Å². The van der Waals surface area contributed by atoms with Crippen LogP contribution >= 0.6 is 0 Å². The van der Waals surface area contributed by atoms with Gasteiger partial charge in [0.1, 0.15) is 23.9 Å². The fourth-order valence-electron chi connectivity index (χ4n) is 1.94. The summed E-state index contributed by atoms with van der Waals surface area (Å²) in [6.45, 7) is -0.215. The highest BCUT2D eigenvalue weighted by Gasteiger charge is 2.14. The van der Waals surface area contributed by atoms with Crippen LogP contribution in [0.1, 0.15) is 10.4 Å². The molecule has 6 heteroatoms. The van der Waals surface area contributed by atoms with Crippen LogP contribution in [0, 0.1) is 23.0 Å². The van der Waals surface area contributed by atoms with Crippen LogP contribution < -0.4 is 10.1 Å². The molecular weight excluding hydrogens is 290 g/mol. The number of methoxy groups -OCH3 is 1. The number of hydrogen-bond acceptors (Lipinski definition) is 3. The number of halogens is 2. The van der Waals surface area contributed by atoms with E-state index < -0.39 is 17.5 Å². The monoisotopic (exact) mass is 302 g/mol. The van der Waals surface area contributed by atoms with Crippen molar-refractivity contribution in [3.63, 3.8) is 0 Å². The molecule has 0 atom stereocenters. The summed E-state index contributed by atoms with van der Waals surface area (Å²) in [5.74, 6) is -1.68. The van der Waals surface area contributed by atoms with Crippen LogP contribution in [-0.2, 0) is 0 Å². The molecule has 1 amide bonds. The standard InChI is InChI=1S/C16H12F2N2O2/c1-22-11-3-5-12(15(18)9-11)10-2-4-13(14(17)8-10)16(21)20-7-6-19/h2-5,8-9H,7H2,1H3,(H,20,21). The Morgan fingerprint density at radius 1 is 1.23 bits per heavy atom. The Kier molecular flexibility index (Phi) is 4.69. The normalized spacial score (nSPS) is 9.91. The van der Waals surface area contributed by atoms with Crippen molar-refractivity contribution in [2.24, 2.45) is 0 Å². The van der Waals surface area contributed by atoms with Gasteiger partial charge < -0.3 is 10.1 Å². The summed E-state index contributed by atoms with van der Waals surface area (Å²) in [6, 6.07) is 9.72. The van der Waals surface area contributed by atoms with Gasteiger partial charge in [-0.3, -0.25) is 4.79 Å². The van der Waals surface area contributed by atoms with E-state index in [1.807, 2.05) is 0 Å². The van der Waals surface area contributed by atoms with Crippen LogP contribution in [0.25, 0.3) is 11.1 Å². The SMILES string of the molecule is COc1ccc(-c2ccc(C(=O)NCC#N)c(F)c2)c(F)c1. The first-order valence-corrected chi connectivity index (χ1v) is 6.35. The van der Waals surface area contributed by atoms with Gasteiger partial charge in [0.05, 0.1) is 18.7 Å². The molecule has 22 heavy (non-hydrogen) atoms. The number of nitriles is 1. The highest BCUT2D eigenvalue weighted by atomic mass is 19.1. The Bertz CT molecular complexity index is 754. The van der Waals surface area contributed by atoms with Crippen molar-refractivity contribution in [3.8, 4) is 22.9 Å². The van der Waals surface area contributed by atoms with E-state index in [1.165, 1.54) is 31.4 Å². The van der Waals surface area contributed by atoms with Crippen LogP contribution in [0.2, 0.25) is 0 Å². The van der Waals surface area contributed by atoms with Crippen molar-refractivity contribution in [2.45, 2.75) is 0 Å². The zero-order valence-electron chi connectivity index (χ0n) is 11.7. The number of nitrogens with one attached hydrogen (secondary N) is 1. The maximum Gasteiger partial charge on any atom is 0.255 e. The summed E-state index contributed by atoms with van der Waals surface area (Å²) in [5.41, 5.74) is 0.297. The van der Waals surface area contributed by atoms with Gasteiger partial charge >= 0.3 is 0 Å². The topological polar surface area (TPSA) is 62.1 Å². The Hall–Kier alpha value is -2.94. The second-order valence-electron chi connectivity index (χ2n) is 4.38. The second-order valence-corrected chi connectivity index (χ2v) is 4.38. The van der Waals surface area contributed by atoms with Gasteiger partial charge in [-0.25, -0.2) is 8.78 Å². The average molecular weight is 302 g/mol. The summed E-state index contributed by atoms with van der Waals surface area (Å²) in [5, 5.41) is 10.6. The number of nitrogens with zero attached hydrogens (tertiary/aromatic N) is 1. The van der Waals surface area contributed by atoms with Crippen molar-refractivity contribution in [1.82, 2.24) is 5.32 Å². The molecule has 0 heterocycles. The first-order valence-electron chi connectivity index (χ1n) is 6.35. The van der Waals surface area contributed by atoms with Crippen LogP contribution in [0.3, 0.4) is 0 Å². The van der Waals surface area contributed by atoms with Crippen LogP contribution in [-0.4, -0.2) is 19.6 Å². The third kappa shape index (κ3) is 3.20. The largest absolute Gasteiger partial charge is 0.497 e. The minimum absolute atomic E-state index is 0.198. The average Bonchev–Trinajstić information content (AvgIpc) is 2.52. The van der Waals surface area contributed by atoms with Crippen LogP contribution in [0.15, 0.2) is 36.4 Å². The molecule has 0 fully saturated rings. The lowest BCUT2D eigenvalue weighted by Crippen LogP contribution is -2.24. The van der Waals surface area contributed by atoms with Crippen molar-refractivity contribution in [1.29, 1.82) is 5.26 Å². The zero-order valence-corrected chi connectivity index (χ0v) is 11.7. The molecule has 2 aromatic rings. The van der Waals surface area contributed by atoms with E-state index in [2.05, 4.69) is 5.32 Å². The van der Waals surface area contributed by atoms with E-state index in [0.717, 1.165) is 6.07 Å².